The van der Waals surface area contributed by atoms with Gasteiger partial charge in [-0.3, -0.25) is 0 Å². The van der Waals surface area contributed by atoms with Gasteiger partial charge in [0.1, 0.15) is 5.75 Å². The minimum absolute atomic E-state index is 0.0435. The lowest BCUT2D eigenvalue weighted by molar-refractivity contribution is 0.195. The van der Waals surface area contributed by atoms with Crippen LogP contribution >= 0.6 is 11.6 Å². The number of benzene rings is 1. The predicted octanol–water partition coefficient (Wildman–Crippen LogP) is 3.46. The van der Waals surface area contributed by atoms with Crippen molar-refractivity contribution >= 4 is 29.7 Å². The molecular formula is C19H22ClN5O2. The van der Waals surface area contributed by atoms with E-state index < -0.39 is 0 Å². The quantitative estimate of drug-likeness (QED) is 0.837. The van der Waals surface area contributed by atoms with E-state index >= 15 is 0 Å². The van der Waals surface area contributed by atoms with Crippen molar-refractivity contribution in [3.63, 3.8) is 0 Å². The second kappa shape index (κ2) is 7.44. The molecule has 0 spiro atoms. The Kier molecular flexibility index (Phi) is 5.23. The summed E-state index contributed by atoms with van der Waals surface area (Å²) < 4.78 is 5.43. The number of carbonyl (C=O) groups is 1. The highest BCUT2D eigenvalue weighted by Crippen LogP contribution is 2.38. The molecule has 0 unspecified atom stereocenters. The molecule has 27 heavy (non-hydrogen) atoms. The van der Waals surface area contributed by atoms with Crippen molar-refractivity contribution in [1.82, 2.24) is 20.2 Å². The number of hydrogen-bond donors (Lipinski definition) is 2. The molecule has 0 bridgehead atoms. The number of rotatable bonds is 4. The van der Waals surface area contributed by atoms with Crippen LogP contribution in [0.2, 0.25) is 5.02 Å². The highest BCUT2D eigenvalue weighted by molar-refractivity contribution is 6.33. The molecule has 3 N–H and O–H groups in total. The molecule has 0 atom stereocenters. The van der Waals surface area contributed by atoms with Crippen molar-refractivity contribution < 1.29 is 9.53 Å². The number of nitrogens with zero attached hydrogens (tertiary/aromatic N) is 3. The number of halogens is 1. The SMILES string of the molecule is C=Cc1cc(Cl)c(-c2nc(N)nc3c2CN(C(=O)NC(C)C)C3)cc1OC. The second-order valence-electron chi connectivity index (χ2n) is 6.59. The minimum atomic E-state index is -0.154. The van der Waals surface area contributed by atoms with E-state index in [4.69, 9.17) is 22.1 Å². The summed E-state index contributed by atoms with van der Waals surface area (Å²) in [6.45, 7) is 8.35. The largest absolute Gasteiger partial charge is 0.496 e. The fraction of sp³-hybridized carbons (Fsp3) is 0.316. The number of hydrogen-bond acceptors (Lipinski definition) is 5. The summed E-state index contributed by atoms with van der Waals surface area (Å²) >= 11 is 6.50. The van der Waals surface area contributed by atoms with Crippen LogP contribution in [0.25, 0.3) is 17.3 Å². The molecule has 0 saturated heterocycles. The monoisotopic (exact) mass is 387 g/mol. The van der Waals surface area contributed by atoms with Gasteiger partial charge in [-0.2, -0.15) is 0 Å². The van der Waals surface area contributed by atoms with E-state index in [0.29, 0.717) is 35.1 Å². The normalized spacial score (nSPS) is 12.9. The lowest BCUT2D eigenvalue weighted by atomic mass is 10.0. The number of ether oxygens (including phenoxy) is 1. The van der Waals surface area contributed by atoms with E-state index in [-0.39, 0.29) is 18.0 Å². The average molecular weight is 388 g/mol. The van der Waals surface area contributed by atoms with E-state index in [1.54, 1.807) is 30.2 Å². The zero-order chi connectivity index (χ0) is 19.7. The van der Waals surface area contributed by atoms with Gasteiger partial charge >= 0.3 is 6.03 Å². The van der Waals surface area contributed by atoms with Gasteiger partial charge in [0, 0.05) is 22.7 Å². The first-order valence-corrected chi connectivity index (χ1v) is 8.92. The molecule has 2 heterocycles. The van der Waals surface area contributed by atoms with Crippen molar-refractivity contribution in [2.24, 2.45) is 0 Å². The van der Waals surface area contributed by atoms with E-state index in [2.05, 4.69) is 21.9 Å². The zero-order valence-electron chi connectivity index (χ0n) is 15.5. The molecule has 0 saturated carbocycles. The number of carbonyl (C=O) groups excluding carboxylic acids is 1. The predicted molar refractivity (Wildman–Crippen MR) is 106 cm³/mol. The fourth-order valence-electron chi connectivity index (χ4n) is 3.07. The third-order valence-corrected chi connectivity index (χ3v) is 4.61. The highest BCUT2D eigenvalue weighted by Gasteiger charge is 2.29. The molecule has 0 fully saturated rings. The van der Waals surface area contributed by atoms with Crippen LogP contribution in [-0.2, 0) is 13.1 Å². The first-order valence-electron chi connectivity index (χ1n) is 8.55. The number of methoxy groups -OCH3 is 1. The Labute approximate surface area is 163 Å². The number of nitrogens with one attached hydrogen (secondary N) is 1. The minimum Gasteiger partial charge on any atom is -0.496 e. The van der Waals surface area contributed by atoms with Gasteiger partial charge in [0.25, 0.3) is 0 Å². The summed E-state index contributed by atoms with van der Waals surface area (Å²) in [6, 6.07) is 3.46. The molecule has 0 radical (unpaired) electrons. The molecular weight excluding hydrogens is 366 g/mol. The van der Waals surface area contributed by atoms with Gasteiger partial charge in [0.15, 0.2) is 0 Å². The van der Waals surface area contributed by atoms with E-state index in [0.717, 1.165) is 16.8 Å². The van der Waals surface area contributed by atoms with Gasteiger partial charge in [0.05, 0.1) is 36.6 Å². The van der Waals surface area contributed by atoms with Crippen molar-refractivity contribution in [3.8, 4) is 17.0 Å². The van der Waals surface area contributed by atoms with Crippen molar-refractivity contribution in [3.05, 3.63) is 40.6 Å². The van der Waals surface area contributed by atoms with Gasteiger partial charge < -0.3 is 20.7 Å². The maximum Gasteiger partial charge on any atom is 0.318 e. The molecule has 0 aliphatic carbocycles. The van der Waals surface area contributed by atoms with Crippen LogP contribution in [0.15, 0.2) is 18.7 Å². The molecule has 7 nitrogen and oxygen atoms in total. The smallest absolute Gasteiger partial charge is 0.318 e. The first kappa shape index (κ1) is 19.0. The maximum absolute atomic E-state index is 12.4. The maximum atomic E-state index is 12.4. The van der Waals surface area contributed by atoms with Gasteiger partial charge in [0.2, 0.25) is 5.95 Å². The summed E-state index contributed by atoms with van der Waals surface area (Å²) in [5.74, 6) is 0.764. The second-order valence-corrected chi connectivity index (χ2v) is 7.00. The van der Waals surface area contributed by atoms with Crippen LogP contribution in [0.5, 0.6) is 5.75 Å². The van der Waals surface area contributed by atoms with Crippen LogP contribution in [-0.4, -0.2) is 34.1 Å². The molecule has 2 amide bonds. The van der Waals surface area contributed by atoms with Crippen LogP contribution < -0.4 is 15.8 Å². The third-order valence-electron chi connectivity index (χ3n) is 4.29. The summed E-state index contributed by atoms with van der Waals surface area (Å²) in [6.07, 6.45) is 1.67. The Morgan fingerprint density at radius 1 is 1.41 bits per heavy atom. The fourth-order valence-corrected chi connectivity index (χ4v) is 3.33. The van der Waals surface area contributed by atoms with Gasteiger partial charge in [-0.05, 0) is 26.0 Å². The van der Waals surface area contributed by atoms with Crippen LogP contribution in [0, 0.1) is 0 Å². The molecule has 1 aliphatic heterocycles. The highest BCUT2D eigenvalue weighted by atomic mass is 35.5. The summed E-state index contributed by atoms with van der Waals surface area (Å²) in [5, 5.41) is 3.38. The van der Waals surface area contributed by atoms with Crippen molar-refractivity contribution in [2.75, 3.05) is 12.8 Å². The number of urea groups is 1. The Morgan fingerprint density at radius 3 is 2.78 bits per heavy atom. The first-order chi connectivity index (χ1) is 12.8. The lowest BCUT2D eigenvalue weighted by Gasteiger charge is -2.18. The van der Waals surface area contributed by atoms with Crippen molar-refractivity contribution in [1.29, 1.82) is 0 Å². The lowest BCUT2D eigenvalue weighted by Crippen LogP contribution is -2.40. The summed E-state index contributed by atoms with van der Waals surface area (Å²) in [7, 11) is 1.58. The molecule has 2 aromatic rings. The standard InChI is InChI=1S/C19H22ClN5O2/c1-5-11-6-14(20)12(7-16(11)27-4)17-13-8-25(19(26)22-10(2)3)9-15(13)23-18(21)24-17/h5-7,10H,1,8-9H2,2-4H3,(H,22,26)(H2,21,23,24). The number of amides is 2. The topological polar surface area (TPSA) is 93.4 Å². The molecule has 3 rings (SSSR count). The zero-order valence-corrected chi connectivity index (χ0v) is 16.3. The molecule has 1 aromatic heterocycles. The van der Waals surface area contributed by atoms with E-state index in [9.17, 15) is 4.79 Å². The number of nitrogens with two attached hydrogens (primary N) is 1. The van der Waals surface area contributed by atoms with E-state index in [1.807, 2.05) is 13.8 Å². The summed E-state index contributed by atoms with van der Waals surface area (Å²) in [5.41, 5.74) is 9.53. The number of nitrogen functional groups attached to an aromatic ring is 1. The van der Waals surface area contributed by atoms with Gasteiger partial charge in [-0.25, -0.2) is 14.8 Å². The van der Waals surface area contributed by atoms with Gasteiger partial charge in [-0.1, -0.05) is 24.3 Å². The van der Waals surface area contributed by atoms with E-state index in [1.165, 1.54) is 0 Å². The number of anilines is 1. The Bertz CT molecular complexity index is 913. The molecule has 1 aromatic carbocycles. The Balaban J connectivity index is 2.06. The van der Waals surface area contributed by atoms with Crippen LogP contribution in [0.3, 0.4) is 0 Å². The molecule has 1 aliphatic rings. The van der Waals surface area contributed by atoms with Crippen molar-refractivity contribution in [2.45, 2.75) is 33.0 Å². The third kappa shape index (κ3) is 3.68. The van der Waals surface area contributed by atoms with Crippen LogP contribution in [0.1, 0.15) is 30.7 Å². The molecule has 142 valence electrons. The Morgan fingerprint density at radius 2 is 2.15 bits per heavy atom. The Hall–Kier alpha value is -2.80. The van der Waals surface area contributed by atoms with Crippen LogP contribution in [0.4, 0.5) is 10.7 Å². The number of aromatic nitrogens is 2. The number of fused-ring (bicyclic) bond motifs is 1. The molecule has 8 heteroatoms. The summed E-state index contributed by atoms with van der Waals surface area (Å²) in [4.78, 5) is 22.8. The average Bonchev–Trinajstić information content (AvgIpc) is 3.04. The van der Waals surface area contributed by atoms with Gasteiger partial charge in [-0.15, -0.1) is 0 Å².